The molecule has 0 unspecified atom stereocenters. The molecule has 0 aliphatic carbocycles. The van der Waals surface area contributed by atoms with Crippen molar-refractivity contribution in [3.05, 3.63) is 102 Å². The van der Waals surface area contributed by atoms with Crippen LogP contribution < -0.4 is 4.74 Å². The fourth-order valence-electron chi connectivity index (χ4n) is 3.15. The van der Waals surface area contributed by atoms with Gasteiger partial charge in [0.2, 0.25) is 0 Å². The molecule has 0 aromatic heterocycles. The summed E-state index contributed by atoms with van der Waals surface area (Å²) < 4.78 is 5.60. The quantitative estimate of drug-likeness (QED) is 0.280. The summed E-state index contributed by atoms with van der Waals surface area (Å²) in [5.74, 6) is 1.47. The maximum Gasteiger partial charge on any atom is 0.290 e. The number of alkyl halides is 1. The van der Waals surface area contributed by atoms with Crippen LogP contribution in [0, 0.1) is 0 Å². The maximum absolute atomic E-state index is 8.36. The van der Waals surface area contributed by atoms with Gasteiger partial charge in [0.1, 0.15) is 5.75 Å². The topological polar surface area (TPSA) is 46.5 Å². The van der Waals surface area contributed by atoms with Crippen LogP contribution in [-0.2, 0) is 4.79 Å². The molecule has 0 radical (unpaired) electrons. The average Bonchev–Trinajstić information content (AvgIpc) is 2.77. The number of benzene rings is 3. The van der Waals surface area contributed by atoms with Crippen LogP contribution in [0.2, 0.25) is 0 Å². The molecule has 0 saturated carbocycles. The third-order valence-corrected chi connectivity index (χ3v) is 4.47. The summed E-state index contributed by atoms with van der Waals surface area (Å²) >= 11 is 6.18. The van der Waals surface area contributed by atoms with Gasteiger partial charge < -0.3 is 9.84 Å². The zero-order valence-electron chi connectivity index (χ0n) is 16.4. The molecule has 150 valence electrons. The largest absolute Gasteiger partial charge is 0.494 e. The van der Waals surface area contributed by atoms with Gasteiger partial charge in [-0.05, 0) is 53.3 Å². The van der Waals surface area contributed by atoms with Gasteiger partial charge >= 0.3 is 0 Å². The SMILES string of the molecule is CCOc1ccc(/C(=C(/CCCl)c2ccccc2)c2ccccc2)cc1.O=CO. The number of rotatable bonds is 7. The van der Waals surface area contributed by atoms with E-state index in [-0.39, 0.29) is 6.47 Å². The molecule has 4 heteroatoms. The van der Waals surface area contributed by atoms with E-state index >= 15 is 0 Å². The van der Waals surface area contributed by atoms with Crippen molar-refractivity contribution in [3.63, 3.8) is 0 Å². The summed E-state index contributed by atoms with van der Waals surface area (Å²) in [6, 6.07) is 29.3. The van der Waals surface area contributed by atoms with E-state index in [9.17, 15) is 0 Å². The second-order valence-electron chi connectivity index (χ2n) is 6.09. The van der Waals surface area contributed by atoms with Crippen molar-refractivity contribution in [2.24, 2.45) is 0 Å². The second-order valence-corrected chi connectivity index (χ2v) is 6.47. The van der Waals surface area contributed by atoms with E-state index in [0.29, 0.717) is 12.5 Å². The summed E-state index contributed by atoms with van der Waals surface area (Å²) in [5.41, 5.74) is 6.06. The molecule has 0 aliphatic heterocycles. The lowest BCUT2D eigenvalue weighted by molar-refractivity contribution is -0.122. The van der Waals surface area contributed by atoms with Crippen LogP contribution in [-0.4, -0.2) is 24.1 Å². The second kappa shape index (κ2) is 12.4. The van der Waals surface area contributed by atoms with Crippen LogP contribution >= 0.6 is 11.6 Å². The lowest BCUT2D eigenvalue weighted by atomic mass is 9.88. The first kappa shape index (κ1) is 22.3. The normalized spacial score (nSPS) is 11.0. The van der Waals surface area contributed by atoms with Crippen LogP contribution in [0.25, 0.3) is 11.1 Å². The van der Waals surface area contributed by atoms with Gasteiger partial charge in [-0.15, -0.1) is 11.6 Å². The Kier molecular flexibility index (Phi) is 9.53. The highest BCUT2D eigenvalue weighted by molar-refractivity contribution is 6.18. The Balaban J connectivity index is 0.000000941. The Hall–Kier alpha value is -3.04. The summed E-state index contributed by atoms with van der Waals surface area (Å²) in [7, 11) is 0. The molecule has 0 aliphatic rings. The molecular formula is C25H25ClO3. The molecule has 3 aromatic carbocycles. The van der Waals surface area contributed by atoms with Gasteiger partial charge in [0, 0.05) is 5.88 Å². The van der Waals surface area contributed by atoms with Crippen LogP contribution in [0.1, 0.15) is 30.0 Å². The minimum absolute atomic E-state index is 0.250. The van der Waals surface area contributed by atoms with Gasteiger partial charge in [-0.1, -0.05) is 72.8 Å². The Labute approximate surface area is 177 Å². The van der Waals surface area contributed by atoms with Crippen LogP contribution in [0.4, 0.5) is 0 Å². The number of hydrogen-bond donors (Lipinski definition) is 1. The highest BCUT2D eigenvalue weighted by atomic mass is 35.5. The van der Waals surface area contributed by atoms with Gasteiger partial charge in [0.25, 0.3) is 6.47 Å². The van der Waals surface area contributed by atoms with Crippen molar-refractivity contribution in [1.29, 1.82) is 0 Å². The molecule has 0 amide bonds. The monoisotopic (exact) mass is 408 g/mol. The predicted octanol–water partition coefficient (Wildman–Crippen LogP) is 6.37. The van der Waals surface area contributed by atoms with Crippen molar-refractivity contribution in [2.75, 3.05) is 12.5 Å². The lowest BCUT2D eigenvalue weighted by Gasteiger charge is -2.17. The zero-order chi connectivity index (χ0) is 20.9. The molecule has 0 bridgehead atoms. The van der Waals surface area contributed by atoms with E-state index in [1.54, 1.807) is 0 Å². The van der Waals surface area contributed by atoms with Crippen LogP contribution in [0.15, 0.2) is 84.9 Å². The number of halogens is 1. The first-order valence-corrected chi connectivity index (χ1v) is 9.99. The maximum atomic E-state index is 8.36. The standard InChI is InChI=1S/C24H23ClO.CH2O2/c1-2-26-22-15-13-21(14-16-22)24(20-11-7-4-8-12-20)23(17-18-25)19-9-5-3-6-10-19;2-1-3/h3-16H,2,17-18H2,1H3;1H,(H,2,3)/b24-23-;. The Morgan fingerprint density at radius 3 is 1.83 bits per heavy atom. The van der Waals surface area contributed by atoms with E-state index in [0.717, 1.165) is 12.2 Å². The smallest absolute Gasteiger partial charge is 0.290 e. The van der Waals surface area contributed by atoms with Crippen molar-refractivity contribution >= 4 is 29.2 Å². The van der Waals surface area contributed by atoms with E-state index in [1.807, 2.05) is 31.2 Å². The molecule has 0 spiro atoms. The number of hydrogen-bond acceptors (Lipinski definition) is 2. The van der Waals surface area contributed by atoms with Gasteiger partial charge in [0.05, 0.1) is 6.61 Å². The number of carboxylic acid groups (broad SMARTS) is 1. The van der Waals surface area contributed by atoms with Crippen molar-refractivity contribution in [2.45, 2.75) is 13.3 Å². The molecule has 0 saturated heterocycles. The molecule has 3 nitrogen and oxygen atoms in total. The molecule has 3 aromatic rings. The van der Waals surface area contributed by atoms with Gasteiger partial charge in [-0.2, -0.15) is 0 Å². The molecule has 1 N–H and O–H groups in total. The fourth-order valence-corrected chi connectivity index (χ4v) is 3.34. The first-order chi connectivity index (χ1) is 14.2. The third kappa shape index (κ3) is 6.51. The summed E-state index contributed by atoms with van der Waals surface area (Å²) in [4.78, 5) is 8.36. The van der Waals surface area contributed by atoms with Gasteiger partial charge in [-0.25, -0.2) is 0 Å². The highest BCUT2D eigenvalue weighted by Crippen LogP contribution is 2.35. The number of carbonyl (C=O) groups is 1. The van der Waals surface area contributed by atoms with E-state index in [1.165, 1.54) is 27.8 Å². The van der Waals surface area contributed by atoms with Crippen LogP contribution in [0.3, 0.4) is 0 Å². The lowest BCUT2D eigenvalue weighted by Crippen LogP contribution is -1.97. The van der Waals surface area contributed by atoms with E-state index in [4.69, 9.17) is 26.2 Å². The molecule has 0 atom stereocenters. The van der Waals surface area contributed by atoms with Crippen molar-refractivity contribution in [3.8, 4) is 5.75 Å². The van der Waals surface area contributed by atoms with Gasteiger partial charge in [-0.3, -0.25) is 4.79 Å². The molecule has 0 heterocycles. The van der Waals surface area contributed by atoms with Crippen molar-refractivity contribution in [1.82, 2.24) is 0 Å². The van der Waals surface area contributed by atoms with Crippen molar-refractivity contribution < 1.29 is 14.6 Å². The Morgan fingerprint density at radius 2 is 1.34 bits per heavy atom. The zero-order valence-corrected chi connectivity index (χ0v) is 17.2. The first-order valence-electron chi connectivity index (χ1n) is 9.46. The number of allylic oxidation sites excluding steroid dienone is 1. The molecule has 3 rings (SSSR count). The average molecular weight is 409 g/mol. The Bertz CT molecular complexity index is 888. The third-order valence-electron chi connectivity index (χ3n) is 4.28. The minimum Gasteiger partial charge on any atom is -0.494 e. The minimum atomic E-state index is -0.250. The molecular weight excluding hydrogens is 384 g/mol. The Morgan fingerprint density at radius 1 is 0.862 bits per heavy atom. The fraction of sp³-hybridized carbons (Fsp3) is 0.160. The molecule has 0 fully saturated rings. The number of ether oxygens (including phenoxy) is 1. The summed E-state index contributed by atoms with van der Waals surface area (Å²) in [6.07, 6.45) is 0.809. The van der Waals surface area contributed by atoms with Gasteiger partial charge in [0.15, 0.2) is 0 Å². The van der Waals surface area contributed by atoms with Crippen LogP contribution in [0.5, 0.6) is 5.75 Å². The predicted molar refractivity (Wildman–Crippen MR) is 120 cm³/mol. The highest BCUT2D eigenvalue weighted by Gasteiger charge is 2.13. The summed E-state index contributed by atoms with van der Waals surface area (Å²) in [6.45, 7) is 2.42. The van der Waals surface area contributed by atoms with E-state index < -0.39 is 0 Å². The molecule has 29 heavy (non-hydrogen) atoms. The summed E-state index contributed by atoms with van der Waals surface area (Å²) in [5, 5.41) is 6.89. The van der Waals surface area contributed by atoms with E-state index in [2.05, 4.69) is 60.7 Å².